The van der Waals surface area contributed by atoms with Crippen LogP contribution in [-0.2, 0) is 0 Å². The number of alkyl halides is 1. The summed E-state index contributed by atoms with van der Waals surface area (Å²) in [5, 5.41) is 0.560. The van der Waals surface area contributed by atoms with E-state index in [1.54, 1.807) is 30.4 Å². The zero-order valence-corrected chi connectivity index (χ0v) is 8.35. The maximum atomic E-state index is 10.6. The summed E-state index contributed by atoms with van der Waals surface area (Å²) in [5.41, 5.74) is 1.41. The molecule has 0 spiro atoms. The molecule has 3 heteroatoms. The van der Waals surface area contributed by atoms with E-state index < -0.39 is 0 Å². The van der Waals surface area contributed by atoms with Crippen LogP contribution in [0.15, 0.2) is 24.3 Å². The second kappa shape index (κ2) is 5.05. The maximum absolute atomic E-state index is 10.6. The molecular weight excluding hydrogens is 207 g/mol. The van der Waals surface area contributed by atoms with Gasteiger partial charge >= 0.3 is 0 Å². The molecule has 0 amide bonds. The molecule has 0 aliphatic rings. The highest BCUT2D eigenvalue weighted by Gasteiger charge is 1.98. The molecule has 0 heterocycles. The van der Waals surface area contributed by atoms with E-state index in [2.05, 4.69) is 0 Å². The number of halogens is 2. The Morgan fingerprint density at radius 3 is 2.69 bits per heavy atom. The zero-order chi connectivity index (χ0) is 9.68. The topological polar surface area (TPSA) is 17.1 Å². The molecule has 0 atom stereocenters. The summed E-state index contributed by atoms with van der Waals surface area (Å²) in [6, 6.07) is 5.15. The Kier molecular flexibility index (Phi) is 4.00. The molecule has 0 saturated carbocycles. The van der Waals surface area contributed by atoms with Crippen molar-refractivity contribution < 1.29 is 4.79 Å². The van der Waals surface area contributed by atoms with Crippen LogP contribution >= 0.6 is 23.2 Å². The molecule has 0 bridgehead atoms. The second-order valence-corrected chi connectivity index (χ2v) is 3.19. The van der Waals surface area contributed by atoms with Crippen molar-refractivity contribution in [3.8, 4) is 0 Å². The Hall–Kier alpha value is -0.790. The highest BCUT2D eigenvalue weighted by molar-refractivity contribution is 6.30. The number of aldehydes is 1. The molecule has 0 aromatic heterocycles. The third kappa shape index (κ3) is 2.87. The van der Waals surface area contributed by atoms with E-state index in [0.717, 1.165) is 11.8 Å². The average Bonchev–Trinajstić information content (AvgIpc) is 2.16. The van der Waals surface area contributed by atoms with Crippen molar-refractivity contribution in [2.75, 3.05) is 5.88 Å². The van der Waals surface area contributed by atoms with Gasteiger partial charge in [0.15, 0.2) is 6.29 Å². The van der Waals surface area contributed by atoms with Gasteiger partial charge in [-0.25, -0.2) is 0 Å². The van der Waals surface area contributed by atoms with Crippen molar-refractivity contribution in [1.82, 2.24) is 0 Å². The average molecular weight is 215 g/mol. The normalized spacial score (nSPS) is 10.6. The molecule has 1 aromatic rings. The molecule has 0 saturated heterocycles. The van der Waals surface area contributed by atoms with Crippen LogP contribution in [0.1, 0.15) is 15.9 Å². The van der Waals surface area contributed by atoms with E-state index in [1.165, 1.54) is 0 Å². The van der Waals surface area contributed by atoms with Crippen molar-refractivity contribution in [1.29, 1.82) is 0 Å². The summed E-state index contributed by atoms with van der Waals surface area (Å²) in [5.74, 6) is 0.431. The van der Waals surface area contributed by atoms with Crippen molar-refractivity contribution >= 4 is 35.6 Å². The van der Waals surface area contributed by atoms with Gasteiger partial charge in [-0.3, -0.25) is 4.79 Å². The smallest absolute Gasteiger partial charge is 0.150 e. The number of benzene rings is 1. The van der Waals surface area contributed by atoms with Crippen molar-refractivity contribution in [2.24, 2.45) is 0 Å². The zero-order valence-electron chi connectivity index (χ0n) is 6.84. The van der Waals surface area contributed by atoms with Gasteiger partial charge in [-0.15, -0.1) is 11.6 Å². The molecule has 68 valence electrons. The first kappa shape index (κ1) is 10.3. The standard InChI is InChI=1S/C10H8Cl2O/c11-5-1-2-8-3-4-10(12)6-9(8)7-13/h1-4,6-7H,5H2. The lowest BCUT2D eigenvalue weighted by atomic mass is 10.1. The largest absolute Gasteiger partial charge is 0.298 e. The van der Waals surface area contributed by atoms with E-state index in [0.29, 0.717) is 16.5 Å². The fourth-order valence-corrected chi connectivity index (χ4v) is 1.24. The van der Waals surface area contributed by atoms with Gasteiger partial charge in [0.2, 0.25) is 0 Å². The van der Waals surface area contributed by atoms with Gasteiger partial charge in [-0.2, -0.15) is 0 Å². The molecular formula is C10H8Cl2O. The first-order valence-electron chi connectivity index (χ1n) is 3.75. The Labute approximate surface area is 87.0 Å². The molecule has 0 N–H and O–H groups in total. The summed E-state index contributed by atoms with van der Waals surface area (Å²) in [7, 11) is 0. The van der Waals surface area contributed by atoms with Crippen molar-refractivity contribution in [3.63, 3.8) is 0 Å². The van der Waals surface area contributed by atoms with Crippen LogP contribution in [-0.4, -0.2) is 12.2 Å². The quantitative estimate of drug-likeness (QED) is 0.557. The van der Waals surface area contributed by atoms with Gasteiger partial charge in [-0.05, 0) is 17.7 Å². The van der Waals surface area contributed by atoms with Crippen LogP contribution in [0.4, 0.5) is 0 Å². The first-order chi connectivity index (χ1) is 6.27. The molecule has 1 aromatic carbocycles. The number of carbonyl (C=O) groups is 1. The number of hydrogen-bond donors (Lipinski definition) is 0. The van der Waals surface area contributed by atoms with E-state index in [9.17, 15) is 4.79 Å². The number of rotatable bonds is 3. The van der Waals surface area contributed by atoms with Gasteiger partial charge in [-0.1, -0.05) is 29.8 Å². The lowest BCUT2D eigenvalue weighted by Gasteiger charge is -1.98. The number of hydrogen-bond acceptors (Lipinski definition) is 1. The summed E-state index contributed by atoms with van der Waals surface area (Å²) < 4.78 is 0. The van der Waals surface area contributed by atoms with Gasteiger partial charge in [0, 0.05) is 16.5 Å². The predicted molar refractivity (Wildman–Crippen MR) is 56.6 cm³/mol. The highest BCUT2D eigenvalue weighted by Crippen LogP contribution is 2.15. The first-order valence-corrected chi connectivity index (χ1v) is 4.66. The number of allylic oxidation sites excluding steroid dienone is 1. The summed E-state index contributed by atoms with van der Waals surface area (Å²) in [6.45, 7) is 0. The molecule has 1 rings (SSSR count). The minimum atomic E-state index is 0.431. The SMILES string of the molecule is O=Cc1cc(Cl)ccc1C=CCCl. The Morgan fingerprint density at radius 1 is 1.31 bits per heavy atom. The van der Waals surface area contributed by atoms with Crippen LogP contribution in [0.5, 0.6) is 0 Å². The summed E-state index contributed by atoms with van der Waals surface area (Å²) >= 11 is 11.2. The lowest BCUT2D eigenvalue weighted by molar-refractivity contribution is 0.112. The Bertz CT molecular complexity index is 332. The fourth-order valence-electron chi connectivity index (χ4n) is 0.971. The van der Waals surface area contributed by atoms with E-state index in [4.69, 9.17) is 23.2 Å². The molecule has 13 heavy (non-hydrogen) atoms. The van der Waals surface area contributed by atoms with Crippen molar-refractivity contribution in [2.45, 2.75) is 0 Å². The van der Waals surface area contributed by atoms with Gasteiger partial charge in [0.25, 0.3) is 0 Å². The molecule has 0 aliphatic heterocycles. The minimum absolute atomic E-state index is 0.431. The summed E-state index contributed by atoms with van der Waals surface area (Å²) in [6.07, 6.45) is 4.35. The molecule has 0 radical (unpaired) electrons. The molecule has 0 unspecified atom stereocenters. The number of carbonyl (C=O) groups excluding carboxylic acids is 1. The maximum Gasteiger partial charge on any atom is 0.150 e. The third-order valence-electron chi connectivity index (χ3n) is 1.56. The molecule has 1 nitrogen and oxygen atoms in total. The minimum Gasteiger partial charge on any atom is -0.298 e. The van der Waals surface area contributed by atoms with E-state index >= 15 is 0 Å². The second-order valence-electron chi connectivity index (χ2n) is 2.45. The Morgan fingerprint density at radius 2 is 2.08 bits per heavy atom. The summed E-state index contributed by atoms with van der Waals surface area (Å²) in [4.78, 5) is 10.6. The van der Waals surface area contributed by atoms with Gasteiger partial charge < -0.3 is 0 Å². The van der Waals surface area contributed by atoms with Crippen LogP contribution in [0.2, 0.25) is 5.02 Å². The third-order valence-corrected chi connectivity index (χ3v) is 1.98. The monoisotopic (exact) mass is 214 g/mol. The Balaban J connectivity index is 3.06. The van der Waals surface area contributed by atoms with Crippen LogP contribution < -0.4 is 0 Å². The van der Waals surface area contributed by atoms with E-state index in [-0.39, 0.29) is 0 Å². The van der Waals surface area contributed by atoms with Gasteiger partial charge in [0.05, 0.1) is 0 Å². The van der Waals surface area contributed by atoms with Gasteiger partial charge in [0.1, 0.15) is 0 Å². The van der Waals surface area contributed by atoms with E-state index in [1.807, 2.05) is 0 Å². The van der Waals surface area contributed by atoms with Crippen LogP contribution in [0.25, 0.3) is 6.08 Å². The molecule has 0 aliphatic carbocycles. The van der Waals surface area contributed by atoms with Crippen LogP contribution in [0.3, 0.4) is 0 Å². The molecule has 0 fully saturated rings. The fraction of sp³-hybridized carbons (Fsp3) is 0.100. The highest BCUT2D eigenvalue weighted by atomic mass is 35.5. The van der Waals surface area contributed by atoms with Crippen molar-refractivity contribution in [3.05, 3.63) is 40.4 Å². The lowest BCUT2D eigenvalue weighted by Crippen LogP contribution is -1.85. The predicted octanol–water partition coefficient (Wildman–Crippen LogP) is 3.40. The van der Waals surface area contributed by atoms with Crippen LogP contribution in [0, 0.1) is 0 Å².